The Morgan fingerprint density at radius 3 is 2.86 bits per heavy atom. The predicted octanol–water partition coefficient (Wildman–Crippen LogP) is 2.80. The van der Waals surface area contributed by atoms with E-state index in [9.17, 15) is 9.59 Å². The smallest absolute Gasteiger partial charge is 0.303 e. The molecular weight excluding hydrogens is 290 g/mol. The minimum Gasteiger partial charge on any atom is -0.497 e. The van der Waals surface area contributed by atoms with E-state index < -0.39 is 5.97 Å². The first-order valence-corrected chi connectivity index (χ1v) is 7.29. The molecule has 1 heterocycles. The van der Waals surface area contributed by atoms with E-state index in [0.29, 0.717) is 5.69 Å². The van der Waals surface area contributed by atoms with Crippen LogP contribution < -0.4 is 4.74 Å². The Bertz CT molecular complexity index is 651. The van der Waals surface area contributed by atoms with Gasteiger partial charge in [0.05, 0.1) is 19.2 Å². The van der Waals surface area contributed by atoms with E-state index in [0.717, 1.165) is 16.3 Å². The van der Waals surface area contributed by atoms with Gasteiger partial charge in [-0.3, -0.25) is 9.59 Å². The molecule has 0 unspecified atom stereocenters. The van der Waals surface area contributed by atoms with Crippen LogP contribution in [-0.2, 0) is 16.0 Å². The number of carboxylic acids is 1. The van der Waals surface area contributed by atoms with E-state index in [1.807, 2.05) is 29.6 Å². The molecule has 6 heteroatoms. The third-order valence-electron chi connectivity index (χ3n) is 2.86. The van der Waals surface area contributed by atoms with Gasteiger partial charge in [-0.25, -0.2) is 4.98 Å². The monoisotopic (exact) mass is 305 g/mol. The van der Waals surface area contributed by atoms with Gasteiger partial charge in [-0.15, -0.1) is 11.3 Å². The number of carboxylic acid groups (broad SMARTS) is 1. The van der Waals surface area contributed by atoms with Gasteiger partial charge in [-0.1, -0.05) is 12.1 Å². The standard InChI is InChI=1S/C15H15NO4S/c1-20-13-4-2-3-10(7-13)15-16-11(9-21-15)8-12(17)5-6-14(18)19/h2-4,7,9H,5-6,8H2,1H3,(H,18,19). The minimum absolute atomic E-state index is 0.0430. The average molecular weight is 305 g/mol. The van der Waals surface area contributed by atoms with Crippen LogP contribution in [-0.4, -0.2) is 29.0 Å². The largest absolute Gasteiger partial charge is 0.497 e. The summed E-state index contributed by atoms with van der Waals surface area (Å²) >= 11 is 1.45. The number of nitrogens with zero attached hydrogens (tertiary/aromatic N) is 1. The molecule has 0 aliphatic carbocycles. The molecule has 0 fully saturated rings. The van der Waals surface area contributed by atoms with Gasteiger partial charge >= 0.3 is 5.97 Å². The molecule has 1 aromatic carbocycles. The maximum Gasteiger partial charge on any atom is 0.303 e. The summed E-state index contributed by atoms with van der Waals surface area (Å²) in [6.07, 6.45) is 0.0841. The first-order chi connectivity index (χ1) is 10.1. The van der Waals surface area contributed by atoms with Gasteiger partial charge < -0.3 is 9.84 Å². The molecular formula is C15H15NO4S. The molecule has 2 aromatic rings. The number of hydrogen-bond donors (Lipinski definition) is 1. The second-order valence-corrected chi connectivity index (χ2v) is 5.34. The number of aromatic nitrogens is 1. The summed E-state index contributed by atoms with van der Waals surface area (Å²) in [5.41, 5.74) is 1.61. The molecule has 2 rings (SSSR count). The molecule has 110 valence electrons. The number of methoxy groups -OCH3 is 1. The van der Waals surface area contributed by atoms with Gasteiger partial charge in [0.2, 0.25) is 0 Å². The van der Waals surface area contributed by atoms with E-state index in [-0.39, 0.29) is 25.0 Å². The molecule has 0 saturated carbocycles. The number of rotatable bonds is 7. The van der Waals surface area contributed by atoms with Crippen molar-refractivity contribution in [2.75, 3.05) is 7.11 Å². The molecule has 0 aliphatic heterocycles. The zero-order chi connectivity index (χ0) is 15.2. The summed E-state index contributed by atoms with van der Waals surface area (Å²) in [5, 5.41) is 11.2. The van der Waals surface area contributed by atoms with Crippen molar-refractivity contribution in [2.45, 2.75) is 19.3 Å². The van der Waals surface area contributed by atoms with Crippen molar-refractivity contribution in [3.05, 3.63) is 35.3 Å². The molecule has 21 heavy (non-hydrogen) atoms. The quantitative estimate of drug-likeness (QED) is 0.851. The zero-order valence-corrected chi connectivity index (χ0v) is 12.4. The highest BCUT2D eigenvalue weighted by Gasteiger charge is 2.11. The number of ether oxygens (including phenoxy) is 1. The lowest BCUT2D eigenvalue weighted by Crippen LogP contribution is -2.06. The molecule has 0 amide bonds. The lowest BCUT2D eigenvalue weighted by molar-refractivity contribution is -0.138. The Balaban J connectivity index is 2.04. The molecule has 0 bridgehead atoms. The van der Waals surface area contributed by atoms with Gasteiger partial charge in [-0.05, 0) is 12.1 Å². The Morgan fingerprint density at radius 1 is 1.33 bits per heavy atom. The highest BCUT2D eigenvalue weighted by atomic mass is 32.1. The summed E-state index contributed by atoms with van der Waals surface area (Å²) in [6.45, 7) is 0. The number of aliphatic carboxylic acids is 1. The molecule has 0 aliphatic rings. The highest BCUT2D eigenvalue weighted by molar-refractivity contribution is 7.13. The molecule has 5 nitrogen and oxygen atoms in total. The maximum absolute atomic E-state index is 11.6. The van der Waals surface area contributed by atoms with Crippen LogP contribution >= 0.6 is 11.3 Å². The fraction of sp³-hybridized carbons (Fsp3) is 0.267. The first-order valence-electron chi connectivity index (χ1n) is 6.41. The van der Waals surface area contributed by atoms with Crippen LogP contribution in [0, 0.1) is 0 Å². The highest BCUT2D eigenvalue weighted by Crippen LogP contribution is 2.27. The van der Waals surface area contributed by atoms with Crippen molar-refractivity contribution in [1.82, 2.24) is 4.98 Å². The van der Waals surface area contributed by atoms with Crippen molar-refractivity contribution >= 4 is 23.1 Å². The van der Waals surface area contributed by atoms with Crippen LogP contribution in [0.15, 0.2) is 29.6 Å². The maximum atomic E-state index is 11.6. The molecule has 0 spiro atoms. The topological polar surface area (TPSA) is 76.5 Å². The van der Waals surface area contributed by atoms with Crippen LogP contribution in [0.25, 0.3) is 10.6 Å². The molecule has 0 atom stereocenters. The molecule has 0 saturated heterocycles. The van der Waals surface area contributed by atoms with Crippen LogP contribution in [0.5, 0.6) is 5.75 Å². The lowest BCUT2D eigenvalue weighted by atomic mass is 10.1. The Kier molecular flexibility index (Phi) is 5.05. The van der Waals surface area contributed by atoms with Gasteiger partial charge in [0.25, 0.3) is 0 Å². The van der Waals surface area contributed by atoms with E-state index in [2.05, 4.69) is 4.98 Å². The normalized spacial score (nSPS) is 10.3. The van der Waals surface area contributed by atoms with Gasteiger partial charge in [0.1, 0.15) is 16.5 Å². The summed E-state index contributed by atoms with van der Waals surface area (Å²) in [7, 11) is 1.60. The van der Waals surface area contributed by atoms with Crippen molar-refractivity contribution in [1.29, 1.82) is 0 Å². The Hall–Kier alpha value is -2.21. The molecule has 1 N–H and O–H groups in total. The number of Topliss-reactive ketones (excluding diaryl/α,β-unsaturated/α-hetero) is 1. The van der Waals surface area contributed by atoms with Gasteiger partial charge in [0, 0.05) is 23.8 Å². The fourth-order valence-corrected chi connectivity index (χ4v) is 2.63. The Morgan fingerprint density at radius 2 is 2.14 bits per heavy atom. The van der Waals surface area contributed by atoms with Gasteiger partial charge in [-0.2, -0.15) is 0 Å². The molecule has 0 radical (unpaired) electrons. The second-order valence-electron chi connectivity index (χ2n) is 4.49. The number of thiazole rings is 1. The van der Waals surface area contributed by atoms with Crippen LogP contribution in [0.3, 0.4) is 0 Å². The molecule has 1 aromatic heterocycles. The van der Waals surface area contributed by atoms with Crippen molar-refractivity contribution in [3.8, 4) is 16.3 Å². The van der Waals surface area contributed by atoms with Crippen molar-refractivity contribution in [2.24, 2.45) is 0 Å². The van der Waals surface area contributed by atoms with E-state index in [4.69, 9.17) is 9.84 Å². The lowest BCUT2D eigenvalue weighted by Gasteiger charge is -2.01. The third-order valence-corrected chi connectivity index (χ3v) is 3.80. The number of hydrogen-bond acceptors (Lipinski definition) is 5. The SMILES string of the molecule is COc1cccc(-c2nc(CC(=O)CCC(=O)O)cs2)c1. The van der Waals surface area contributed by atoms with E-state index >= 15 is 0 Å². The van der Waals surface area contributed by atoms with Crippen LogP contribution in [0.1, 0.15) is 18.5 Å². The van der Waals surface area contributed by atoms with Crippen LogP contribution in [0.2, 0.25) is 0 Å². The van der Waals surface area contributed by atoms with Gasteiger partial charge in [0.15, 0.2) is 0 Å². The summed E-state index contributed by atoms with van der Waals surface area (Å²) in [6, 6.07) is 7.55. The first kappa shape index (κ1) is 15.2. The van der Waals surface area contributed by atoms with Crippen LogP contribution in [0.4, 0.5) is 0 Å². The Labute approximate surface area is 126 Å². The average Bonchev–Trinajstić information content (AvgIpc) is 2.93. The number of carbonyl (C=O) groups is 2. The fourth-order valence-electron chi connectivity index (χ4n) is 1.81. The second kappa shape index (κ2) is 6.99. The minimum atomic E-state index is -0.960. The summed E-state index contributed by atoms with van der Waals surface area (Å²) in [4.78, 5) is 26.5. The number of carbonyl (C=O) groups excluding carboxylic acids is 1. The van der Waals surface area contributed by atoms with E-state index in [1.165, 1.54) is 11.3 Å². The van der Waals surface area contributed by atoms with Crippen molar-refractivity contribution < 1.29 is 19.4 Å². The van der Waals surface area contributed by atoms with E-state index in [1.54, 1.807) is 7.11 Å². The number of ketones is 1. The summed E-state index contributed by atoms with van der Waals surface area (Å²) < 4.78 is 5.17. The van der Waals surface area contributed by atoms with Crippen molar-refractivity contribution in [3.63, 3.8) is 0 Å². The zero-order valence-electron chi connectivity index (χ0n) is 11.5. The predicted molar refractivity (Wildman–Crippen MR) is 79.7 cm³/mol. The summed E-state index contributed by atoms with van der Waals surface area (Å²) in [5.74, 6) is -0.319. The number of benzene rings is 1. The third kappa shape index (κ3) is 4.39.